The molecule has 2 aromatic heterocycles. The van der Waals surface area contributed by atoms with E-state index in [9.17, 15) is 0 Å². The average molecular weight is 162 g/mol. The van der Waals surface area contributed by atoms with Crippen LogP contribution in [-0.4, -0.2) is 15.1 Å². The summed E-state index contributed by atoms with van der Waals surface area (Å²) >= 11 is 0. The van der Waals surface area contributed by atoms with Gasteiger partial charge in [-0.3, -0.25) is 0 Å². The molecule has 2 N–H and O–H groups in total. The number of nitrogen functional groups attached to an aromatic ring is 1. The van der Waals surface area contributed by atoms with E-state index in [0.29, 0.717) is 11.4 Å². The first kappa shape index (κ1) is 6.78. The highest BCUT2D eigenvalue weighted by molar-refractivity contribution is 5.68. The van der Waals surface area contributed by atoms with E-state index in [1.54, 1.807) is 12.4 Å². The van der Waals surface area contributed by atoms with Crippen molar-refractivity contribution in [1.82, 2.24) is 15.1 Å². The van der Waals surface area contributed by atoms with Crippen LogP contribution >= 0.6 is 0 Å². The van der Waals surface area contributed by atoms with Gasteiger partial charge in [-0.2, -0.15) is 0 Å². The van der Waals surface area contributed by atoms with Crippen molar-refractivity contribution in [3.05, 3.63) is 24.9 Å². The summed E-state index contributed by atoms with van der Waals surface area (Å²) in [6.07, 6.45) is 6.12. The van der Waals surface area contributed by atoms with E-state index in [1.807, 2.05) is 0 Å². The molecule has 0 aromatic carbocycles. The van der Waals surface area contributed by atoms with Crippen molar-refractivity contribution in [2.24, 2.45) is 0 Å². The highest BCUT2D eigenvalue weighted by atomic mass is 16.5. The molecule has 5 nitrogen and oxygen atoms in total. The van der Waals surface area contributed by atoms with Gasteiger partial charge in [-0.15, -0.1) is 0 Å². The Hall–Kier alpha value is -1.91. The molecule has 0 amide bonds. The van der Waals surface area contributed by atoms with Crippen LogP contribution in [0.1, 0.15) is 0 Å². The van der Waals surface area contributed by atoms with Gasteiger partial charge in [0.05, 0.1) is 11.8 Å². The van der Waals surface area contributed by atoms with Gasteiger partial charge in [-0.1, -0.05) is 5.16 Å². The van der Waals surface area contributed by atoms with Crippen LogP contribution in [0, 0.1) is 0 Å². The Morgan fingerprint density at radius 3 is 2.50 bits per heavy atom. The van der Waals surface area contributed by atoms with E-state index < -0.39 is 0 Å². The predicted molar refractivity (Wildman–Crippen MR) is 41.9 cm³/mol. The first-order valence-corrected chi connectivity index (χ1v) is 3.33. The Morgan fingerprint density at radius 1 is 1.17 bits per heavy atom. The van der Waals surface area contributed by atoms with Gasteiger partial charge in [0.25, 0.3) is 0 Å². The molecule has 0 saturated carbocycles. The third-order valence-corrected chi connectivity index (χ3v) is 1.42. The second kappa shape index (κ2) is 2.61. The van der Waals surface area contributed by atoms with Crippen LogP contribution in [0.25, 0.3) is 11.3 Å². The van der Waals surface area contributed by atoms with Crippen LogP contribution in [0.15, 0.2) is 29.4 Å². The molecule has 60 valence electrons. The molecule has 2 heterocycles. The minimum Gasteiger partial charge on any atom is -0.394 e. The monoisotopic (exact) mass is 162 g/mol. The van der Waals surface area contributed by atoms with Crippen LogP contribution < -0.4 is 5.73 Å². The number of aromatic nitrogens is 3. The number of rotatable bonds is 1. The molecule has 0 atom stereocenters. The van der Waals surface area contributed by atoms with E-state index >= 15 is 0 Å². The quantitative estimate of drug-likeness (QED) is 0.668. The summed E-state index contributed by atoms with van der Waals surface area (Å²) in [5.41, 5.74) is 6.78. The van der Waals surface area contributed by atoms with Crippen molar-refractivity contribution in [2.75, 3.05) is 5.73 Å². The molecule has 0 fully saturated rings. The Bertz CT molecular complexity index is 370. The number of hydrogen-bond acceptors (Lipinski definition) is 5. The minimum absolute atomic E-state index is 0.491. The molecular formula is C7H6N4O. The Balaban J connectivity index is 2.51. The lowest BCUT2D eigenvalue weighted by Crippen LogP contribution is -1.86. The molecule has 0 unspecified atom stereocenters. The summed E-state index contributed by atoms with van der Waals surface area (Å²) in [5.74, 6) is 0.510. The first-order valence-electron chi connectivity index (χ1n) is 3.33. The van der Waals surface area contributed by atoms with E-state index in [-0.39, 0.29) is 0 Å². The van der Waals surface area contributed by atoms with Crippen LogP contribution in [0.2, 0.25) is 0 Å². The van der Waals surface area contributed by atoms with Crippen LogP contribution in [0.5, 0.6) is 0 Å². The molecule has 0 bridgehead atoms. The third kappa shape index (κ3) is 1.01. The van der Waals surface area contributed by atoms with E-state index in [1.165, 1.54) is 12.5 Å². The molecule has 0 aliphatic carbocycles. The van der Waals surface area contributed by atoms with Gasteiger partial charge in [-0.25, -0.2) is 9.97 Å². The van der Waals surface area contributed by atoms with Gasteiger partial charge >= 0.3 is 0 Å². The molecule has 0 aliphatic heterocycles. The zero-order chi connectivity index (χ0) is 8.39. The van der Waals surface area contributed by atoms with Crippen LogP contribution in [0.4, 0.5) is 5.69 Å². The molecule has 5 heteroatoms. The molecule has 12 heavy (non-hydrogen) atoms. The highest BCUT2D eigenvalue weighted by Gasteiger charge is 2.06. The Labute approximate surface area is 68.2 Å². The predicted octanol–water partition coefficient (Wildman–Crippen LogP) is 0.714. The second-order valence-electron chi connectivity index (χ2n) is 2.24. The number of hydrogen-bond donors (Lipinski definition) is 1. The maximum atomic E-state index is 5.56. The number of nitrogens with zero attached hydrogens (tertiary/aromatic N) is 3. The van der Waals surface area contributed by atoms with Crippen LogP contribution in [-0.2, 0) is 0 Å². The first-order chi connectivity index (χ1) is 5.88. The fraction of sp³-hybridized carbons (Fsp3) is 0. The summed E-state index contributed by atoms with van der Waals surface area (Å²) in [6, 6.07) is 0. The van der Waals surface area contributed by atoms with Crippen LogP contribution in [0.3, 0.4) is 0 Å². The minimum atomic E-state index is 0.491. The molecule has 2 aromatic rings. The maximum Gasteiger partial charge on any atom is 0.192 e. The topological polar surface area (TPSA) is 77.8 Å². The Kier molecular flexibility index (Phi) is 1.48. The lowest BCUT2D eigenvalue weighted by Gasteiger charge is -1.92. The fourth-order valence-corrected chi connectivity index (χ4v) is 0.883. The zero-order valence-electron chi connectivity index (χ0n) is 6.14. The van der Waals surface area contributed by atoms with Crippen molar-refractivity contribution < 1.29 is 4.52 Å². The fourth-order valence-electron chi connectivity index (χ4n) is 0.883. The standard InChI is InChI=1S/C7H6N4O/c8-6-3-11-12-7(6)5-1-9-4-10-2-5/h1-4H,8H2. The lowest BCUT2D eigenvalue weighted by molar-refractivity contribution is 0.432. The molecule has 2 rings (SSSR count). The van der Waals surface area contributed by atoms with Gasteiger partial charge in [0, 0.05) is 12.4 Å². The number of anilines is 1. The second-order valence-corrected chi connectivity index (χ2v) is 2.24. The van der Waals surface area contributed by atoms with Crippen molar-refractivity contribution in [2.45, 2.75) is 0 Å². The van der Waals surface area contributed by atoms with Gasteiger partial charge in [0.1, 0.15) is 12.0 Å². The number of nitrogens with two attached hydrogens (primary N) is 1. The smallest absolute Gasteiger partial charge is 0.192 e. The van der Waals surface area contributed by atoms with Crippen molar-refractivity contribution >= 4 is 5.69 Å². The third-order valence-electron chi connectivity index (χ3n) is 1.42. The normalized spacial score (nSPS) is 10.0. The lowest BCUT2D eigenvalue weighted by atomic mass is 10.2. The molecule has 0 radical (unpaired) electrons. The average Bonchev–Trinajstić information content (AvgIpc) is 2.53. The Morgan fingerprint density at radius 2 is 1.92 bits per heavy atom. The summed E-state index contributed by atoms with van der Waals surface area (Å²) < 4.78 is 4.90. The summed E-state index contributed by atoms with van der Waals surface area (Å²) in [6.45, 7) is 0. The van der Waals surface area contributed by atoms with E-state index in [2.05, 4.69) is 15.1 Å². The van der Waals surface area contributed by atoms with Crippen molar-refractivity contribution in [1.29, 1.82) is 0 Å². The van der Waals surface area contributed by atoms with Gasteiger partial charge in [0.15, 0.2) is 5.76 Å². The van der Waals surface area contributed by atoms with Gasteiger partial charge in [-0.05, 0) is 0 Å². The van der Waals surface area contributed by atoms with Gasteiger partial charge in [0.2, 0.25) is 0 Å². The maximum absolute atomic E-state index is 5.56. The molecule has 0 spiro atoms. The van der Waals surface area contributed by atoms with E-state index in [0.717, 1.165) is 5.56 Å². The summed E-state index contributed by atoms with van der Waals surface area (Å²) in [4.78, 5) is 7.65. The van der Waals surface area contributed by atoms with Crippen molar-refractivity contribution in [3.8, 4) is 11.3 Å². The molecular weight excluding hydrogens is 156 g/mol. The SMILES string of the molecule is Nc1cnoc1-c1cncnc1. The van der Waals surface area contributed by atoms with E-state index in [4.69, 9.17) is 10.3 Å². The highest BCUT2D eigenvalue weighted by Crippen LogP contribution is 2.22. The largest absolute Gasteiger partial charge is 0.394 e. The summed E-state index contributed by atoms with van der Waals surface area (Å²) in [7, 11) is 0. The summed E-state index contributed by atoms with van der Waals surface area (Å²) in [5, 5.41) is 3.54. The molecule has 0 saturated heterocycles. The zero-order valence-corrected chi connectivity index (χ0v) is 6.14. The van der Waals surface area contributed by atoms with Crippen molar-refractivity contribution in [3.63, 3.8) is 0 Å². The van der Waals surface area contributed by atoms with Gasteiger partial charge < -0.3 is 10.3 Å². The molecule has 0 aliphatic rings.